The first-order valence-corrected chi connectivity index (χ1v) is 9.01. The molecule has 3 aromatic rings. The summed E-state index contributed by atoms with van der Waals surface area (Å²) in [6.45, 7) is 1.94. The number of rotatable bonds is 3. The van der Waals surface area contributed by atoms with Crippen LogP contribution in [0.5, 0.6) is 0 Å². The summed E-state index contributed by atoms with van der Waals surface area (Å²) in [5.41, 5.74) is 4.14. The number of fused-ring (bicyclic) bond motifs is 2. The Morgan fingerprint density at radius 2 is 2.05 bits per heavy atom. The van der Waals surface area contributed by atoms with Crippen molar-refractivity contribution in [1.82, 2.24) is 10.2 Å². The van der Waals surface area contributed by atoms with Gasteiger partial charge in [-0.2, -0.15) is 0 Å². The molecule has 0 atom stereocenters. The van der Waals surface area contributed by atoms with Gasteiger partial charge in [-0.05, 0) is 55.0 Å². The smallest absolute Gasteiger partial charge is 0.336 e. The third-order valence-corrected chi connectivity index (χ3v) is 5.92. The van der Waals surface area contributed by atoms with Crippen molar-refractivity contribution < 1.29 is 4.42 Å². The first-order valence-electron chi connectivity index (χ1n) is 7.20. The van der Waals surface area contributed by atoms with E-state index in [1.807, 2.05) is 13.0 Å². The van der Waals surface area contributed by atoms with Crippen molar-refractivity contribution >= 4 is 34.1 Å². The number of nitrogens with zero attached hydrogens (tertiary/aromatic N) is 2. The lowest BCUT2D eigenvalue weighted by atomic mass is 10.0. The molecule has 1 aliphatic carbocycles. The second-order valence-electron chi connectivity index (χ2n) is 5.44. The zero-order valence-electron chi connectivity index (χ0n) is 12.1. The van der Waals surface area contributed by atoms with Crippen LogP contribution in [0.4, 0.5) is 0 Å². The van der Waals surface area contributed by atoms with Gasteiger partial charge in [0.25, 0.3) is 0 Å². The molecule has 0 unspecified atom stereocenters. The van der Waals surface area contributed by atoms with E-state index < -0.39 is 0 Å². The lowest BCUT2D eigenvalue weighted by molar-refractivity contribution is 0.559. The van der Waals surface area contributed by atoms with E-state index in [0.29, 0.717) is 11.3 Å². The molecule has 0 amide bonds. The molecule has 1 aliphatic rings. The number of aromatic nitrogens is 2. The maximum Gasteiger partial charge on any atom is 0.336 e. The fourth-order valence-corrected chi connectivity index (χ4v) is 4.70. The molecule has 2 aromatic heterocycles. The number of hydrogen-bond acceptors (Lipinski definition) is 6. The highest BCUT2D eigenvalue weighted by Gasteiger charge is 2.15. The largest absolute Gasteiger partial charge is 0.423 e. The molecule has 0 aliphatic heterocycles. The predicted molar refractivity (Wildman–Crippen MR) is 88.7 cm³/mol. The maximum atomic E-state index is 11.8. The van der Waals surface area contributed by atoms with Crippen molar-refractivity contribution in [2.75, 3.05) is 0 Å². The summed E-state index contributed by atoms with van der Waals surface area (Å²) in [6.07, 6.45) is 3.38. The molecular formula is C16H14N2O2S2. The molecule has 0 fully saturated rings. The minimum absolute atomic E-state index is 0.283. The third kappa shape index (κ3) is 2.57. The molecule has 0 saturated carbocycles. The zero-order chi connectivity index (χ0) is 15.1. The van der Waals surface area contributed by atoms with Crippen LogP contribution in [0.2, 0.25) is 0 Å². The maximum absolute atomic E-state index is 11.8. The Balaban J connectivity index is 1.74. The molecule has 112 valence electrons. The van der Waals surface area contributed by atoms with Crippen LogP contribution in [0.3, 0.4) is 0 Å². The molecule has 22 heavy (non-hydrogen) atoms. The van der Waals surface area contributed by atoms with Gasteiger partial charge in [0.2, 0.25) is 0 Å². The average molecular weight is 330 g/mol. The number of benzene rings is 1. The van der Waals surface area contributed by atoms with E-state index >= 15 is 0 Å². The average Bonchev–Trinajstić information content (AvgIpc) is 3.10. The Bertz CT molecular complexity index is 914. The van der Waals surface area contributed by atoms with Gasteiger partial charge < -0.3 is 4.42 Å². The van der Waals surface area contributed by atoms with E-state index in [2.05, 4.69) is 16.3 Å². The molecular weight excluding hydrogens is 316 g/mol. The number of aryl methyl sites for hydroxylation is 3. The monoisotopic (exact) mass is 330 g/mol. The van der Waals surface area contributed by atoms with Gasteiger partial charge in [0.1, 0.15) is 10.6 Å². The van der Waals surface area contributed by atoms with Crippen LogP contribution in [0, 0.1) is 6.92 Å². The van der Waals surface area contributed by atoms with E-state index in [-0.39, 0.29) is 5.63 Å². The van der Waals surface area contributed by atoms with Gasteiger partial charge in [0, 0.05) is 17.2 Å². The Labute approximate surface area is 135 Å². The summed E-state index contributed by atoms with van der Waals surface area (Å²) in [6, 6.07) is 5.84. The lowest BCUT2D eigenvalue weighted by Gasteiger charge is -2.07. The Morgan fingerprint density at radius 1 is 1.23 bits per heavy atom. The van der Waals surface area contributed by atoms with E-state index in [9.17, 15) is 4.79 Å². The minimum atomic E-state index is -0.283. The standard InChI is InChI=1S/C16H14N2O2S2/c1-9-17-18-16(22-9)21-8-12-7-15(19)20-14-6-11-4-2-3-10(11)5-13(12)14/h5-7H,2-4,8H2,1H3. The van der Waals surface area contributed by atoms with Crippen molar-refractivity contribution in [3.8, 4) is 0 Å². The minimum Gasteiger partial charge on any atom is -0.423 e. The zero-order valence-corrected chi connectivity index (χ0v) is 13.7. The van der Waals surface area contributed by atoms with Gasteiger partial charge in [-0.15, -0.1) is 10.2 Å². The summed E-state index contributed by atoms with van der Waals surface area (Å²) >= 11 is 3.19. The summed E-state index contributed by atoms with van der Waals surface area (Å²) < 4.78 is 6.32. The van der Waals surface area contributed by atoms with E-state index in [0.717, 1.165) is 33.1 Å². The van der Waals surface area contributed by atoms with Crippen molar-refractivity contribution in [1.29, 1.82) is 0 Å². The number of thioether (sulfide) groups is 1. The van der Waals surface area contributed by atoms with Gasteiger partial charge in [-0.25, -0.2) is 4.79 Å². The second-order valence-corrected chi connectivity index (χ2v) is 7.84. The molecule has 0 radical (unpaired) electrons. The molecule has 0 spiro atoms. The van der Waals surface area contributed by atoms with E-state index in [1.165, 1.54) is 17.5 Å². The second kappa shape index (κ2) is 5.52. The van der Waals surface area contributed by atoms with Crippen LogP contribution in [0.15, 0.2) is 31.8 Å². The quantitative estimate of drug-likeness (QED) is 0.541. The number of hydrogen-bond donors (Lipinski definition) is 0. The highest BCUT2D eigenvalue weighted by Crippen LogP contribution is 2.32. The first-order chi connectivity index (χ1) is 10.7. The van der Waals surface area contributed by atoms with Crippen LogP contribution in [-0.4, -0.2) is 10.2 Å². The Morgan fingerprint density at radius 3 is 2.82 bits per heavy atom. The van der Waals surface area contributed by atoms with Crippen LogP contribution < -0.4 is 5.63 Å². The van der Waals surface area contributed by atoms with Gasteiger partial charge >= 0.3 is 5.63 Å². The van der Waals surface area contributed by atoms with E-state index in [1.54, 1.807) is 29.2 Å². The van der Waals surface area contributed by atoms with Crippen LogP contribution in [0.1, 0.15) is 28.1 Å². The predicted octanol–water partition coefficient (Wildman–Crippen LogP) is 3.73. The molecule has 0 N–H and O–H groups in total. The SMILES string of the molecule is Cc1nnc(SCc2cc(=O)oc3cc4c(cc23)CCC4)s1. The van der Waals surface area contributed by atoms with Crippen molar-refractivity contribution in [3.63, 3.8) is 0 Å². The van der Waals surface area contributed by atoms with Crippen LogP contribution >= 0.6 is 23.1 Å². The van der Waals surface area contributed by atoms with Crippen molar-refractivity contribution in [2.45, 2.75) is 36.3 Å². The van der Waals surface area contributed by atoms with Gasteiger partial charge in [0.15, 0.2) is 4.34 Å². The summed E-state index contributed by atoms with van der Waals surface area (Å²) in [5.74, 6) is 0.704. The molecule has 0 bridgehead atoms. The Kier molecular flexibility index (Phi) is 3.50. The van der Waals surface area contributed by atoms with Gasteiger partial charge in [-0.3, -0.25) is 0 Å². The fraction of sp³-hybridized carbons (Fsp3) is 0.312. The van der Waals surface area contributed by atoms with Gasteiger partial charge in [0.05, 0.1) is 0 Å². The van der Waals surface area contributed by atoms with Crippen LogP contribution in [0.25, 0.3) is 11.0 Å². The van der Waals surface area contributed by atoms with Gasteiger partial charge in [-0.1, -0.05) is 23.1 Å². The summed E-state index contributed by atoms with van der Waals surface area (Å²) in [5, 5.41) is 10.2. The third-order valence-electron chi connectivity index (χ3n) is 3.90. The molecule has 1 aromatic carbocycles. The molecule has 4 nitrogen and oxygen atoms in total. The highest BCUT2D eigenvalue weighted by atomic mass is 32.2. The lowest BCUT2D eigenvalue weighted by Crippen LogP contribution is -2.00. The molecule has 0 saturated heterocycles. The summed E-state index contributed by atoms with van der Waals surface area (Å²) in [7, 11) is 0. The van der Waals surface area contributed by atoms with Crippen molar-refractivity contribution in [3.05, 3.63) is 50.3 Å². The fourth-order valence-electron chi connectivity index (χ4n) is 2.89. The molecule has 4 rings (SSSR count). The topological polar surface area (TPSA) is 56.0 Å². The molecule has 6 heteroatoms. The molecule has 2 heterocycles. The summed E-state index contributed by atoms with van der Waals surface area (Å²) in [4.78, 5) is 11.8. The van der Waals surface area contributed by atoms with Crippen molar-refractivity contribution in [2.24, 2.45) is 0 Å². The van der Waals surface area contributed by atoms with E-state index in [4.69, 9.17) is 4.42 Å². The highest BCUT2D eigenvalue weighted by molar-refractivity contribution is 8.00. The normalized spacial score (nSPS) is 13.7. The Hall–Kier alpha value is -1.66. The first kappa shape index (κ1) is 14.0. The van der Waals surface area contributed by atoms with Crippen LogP contribution in [-0.2, 0) is 18.6 Å².